The van der Waals surface area contributed by atoms with E-state index in [0.717, 1.165) is 23.8 Å². The van der Waals surface area contributed by atoms with Gasteiger partial charge in [0.1, 0.15) is 16.6 Å². The lowest BCUT2D eigenvalue weighted by Gasteiger charge is -2.11. The highest BCUT2D eigenvalue weighted by atomic mass is 32.1. The van der Waals surface area contributed by atoms with Crippen LogP contribution < -0.4 is 11.1 Å². The summed E-state index contributed by atoms with van der Waals surface area (Å²) in [7, 11) is 0. The predicted molar refractivity (Wildman–Crippen MR) is 83.1 cm³/mol. The van der Waals surface area contributed by atoms with E-state index in [4.69, 9.17) is 18.0 Å². The standard InChI is InChI=1S/C15H13FN2O2S/c1-8-2-3-9(14(17)21)6-12(8)18-15(20)11-7-10(16)4-5-13(11)19/h2-7,19H,1H3,(H2,17,21)(H,18,20). The predicted octanol–water partition coefficient (Wildman–Crippen LogP) is 2.73. The SMILES string of the molecule is Cc1ccc(C(N)=S)cc1NC(=O)c1cc(F)ccc1O. The van der Waals surface area contributed by atoms with E-state index in [0.29, 0.717) is 11.3 Å². The highest BCUT2D eigenvalue weighted by Crippen LogP contribution is 2.22. The van der Waals surface area contributed by atoms with Crippen LogP contribution in [0.15, 0.2) is 36.4 Å². The Morgan fingerprint density at radius 1 is 1.29 bits per heavy atom. The number of phenols is 1. The molecule has 108 valence electrons. The van der Waals surface area contributed by atoms with Gasteiger partial charge >= 0.3 is 0 Å². The molecule has 0 spiro atoms. The number of benzene rings is 2. The van der Waals surface area contributed by atoms with E-state index in [-0.39, 0.29) is 16.3 Å². The summed E-state index contributed by atoms with van der Waals surface area (Å²) in [5.41, 5.74) is 7.30. The van der Waals surface area contributed by atoms with Gasteiger partial charge in [-0.05, 0) is 36.8 Å². The number of thiocarbonyl (C=S) groups is 1. The molecule has 0 bridgehead atoms. The first-order valence-corrected chi connectivity index (χ1v) is 6.49. The van der Waals surface area contributed by atoms with Gasteiger partial charge in [0.2, 0.25) is 0 Å². The van der Waals surface area contributed by atoms with Crippen LogP contribution in [-0.4, -0.2) is 16.0 Å². The lowest BCUT2D eigenvalue weighted by atomic mass is 10.1. The molecule has 2 aromatic carbocycles. The second-order valence-electron chi connectivity index (χ2n) is 4.51. The molecule has 21 heavy (non-hydrogen) atoms. The largest absolute Gasteiger partial charge is 0.507 e. The van der Waals surface area contributed by atoms with E-state index in [9.17, 15) is 14.3 Å². The van der Waals surface area contributed by atoms with Crippen molar-refractivity contribution in [3.63, 3.8) is 0 Å². The minimum atomic E-state index is -0.616. The van der Waals surface area contributed by atoms with Gasteiger partial charge in [-0.25, -0.2) is 4.39 Å². The number of phenolic OH excluding ortho intramolecular Hbond substituents is 1. The number of carbonyl (C=O) groups is 1. The molecule has 0 aliphatic heterocycles. The second kappa shape index (κ2) is 5.88. The zero-order chi connectivity index (χ0) is 15.6. The number of aryl methyl sites for hydroxylation is 1. The van der Waals surface area contributed by atoms with Crippen LogP contribution in [0, 0.1) is 12.7 Å². The van der Waals surface area contributed by atoms with E-state index < -0.39 is 11.7 Å². The molecule has 0 heterocycles. The lowest BCUT2D eigenvalue weighted by Crippen LogP contribution is -2.15. The summed E-state index contributed by atoms with van der Waals surface area (Å²) in [6.07, 6.45) is 0. The van der Waals surface area contributed by atoms with Crippen molar-refractivity contribution in [1.82, 2.24) is 0 Å². The minimum Gasteiger partial charge on any atom is -0.507 e. The van der Waals surface area contributed by atoms with Crippen molar-refractivity contribution in [2.45, 2.75) is 6.92 Å². The van der Waals surface area contributed by atoms with Crippen LogP contribution >= 0.6 is 12.2 Å². The maximum Gasteiger partial charge on any atom is 0.259 e. The molecule has 4 N–H and O–H groups in total. The van der Waals surface area contributed by atoms with Gasteiger partial charge in [0.15, 0.2) is 0 Å². The van der Waals surface area contributed by atoms with Crippen LogP contribution in [0.4, 0.5) is 10.1 Å². The number of anilines is 1. The van der Waals surface area contributed by atoms with Gasteiger partial charge in [0.05, 0.1) is 5.56 Å². The smallest absolute Gasteiger partial charge is 0.259 e. The van der Waals surface area contributed by atoms with Crippen molar-refractivity contribution in [1.29, 1.82) is 0 Å². The van der Waals surface area contributed by atoms with Gasteiger partial charge in [-0.15, -0.1) is 0 Å². The molecule has 2 aromatic rings. The molecule has 2 rings (SSSR count). The molecule has 1 amide bonds. The van der Waals surface area contributed by atoms with E-state index in [1.54, 1.807) is 25.1 Å². The number of halogens is 1. The lowest BCUT2D eigenvalue weighted by molar-refractivity contribution is 0.102. The number of nitrogens with two attached hydrogens (primary N) is 1. The first-order valence-electron chi connectivity index (χ1n) is 6.09. The van der Waals surface area contributed by atoms with Gasteiger partial charge in [-0.2, -0.15) is 0 Å². The summed E-state index contributed by atoms with van der Waals surface area (Å²) < 4.78 is 13.2. The monoisotopic (exact) mass is 304 g/mol. The fourth-order valence-electron chi connectivity index (χ4n) is 1.79. The number of hydrogen-bond acceptors (Lipinski definition) is 3. The molecule has 0 aromatic heterocycles. The highest BCUT2D eigenvalue weighted by molar-refractivity contribution is 7.80. The Balaban J connectivity index is 2.33. The Labute approximate surface area is 126 Å². The number of carbonyl (C=O) groups excluding carboxylic acids is 1. The Bertz CT molecular complexity index is 732. The van der Waals surface area contributed by atoms with Gasteiger partial charge < -0.3 is 16.2 Å². The molecular weight excluding hydrogens is 291 g/mol. The summed E-state index contributed by atoms with van der Waals surface area (Å²) in [5.74, 6) is -1.51. The third-order valence-corrected chi connectivity index (χ3v) is 3.21. The normalized spacial score (nSPS) is 10.2. The zero-order valence-corrected chi connectivity index (χ0v) is 12.0. The Morgan fingerprint density at radius 3 is 2.67 bits per heavy atom. The topological polar surface area (TPSA) is 75.3 Å². The van der Waals surface area contributed by atoms with Crippen molar-refractivity contribution in [3.8, 4) is 5.75 Å². The Hall–Kier alpha value is -2.47. The average molecular weight is 304 g/mol. The third-order valence-electron chi connectivity index (χ3n) is 2.97. The molecule has 0 fully saturated rings. The molecular formula is C15H13FN2O2S. The van der Waals surface area contributed by atoms with Crippen LogP contribution in [-0.2, 0) is 0 Å². The van der Waals surface area contributed by atoms with Crippen molar-refractivity contribution in [2.75, 3.05) is 5.32 Å². The molecule has 0 saturated heterocycles. The molecule has 4 nitrogen and oxygen atoms in total. The number of aromatic hydroxyl groups is 1. The van der Waals surface area contributed by atoms with E-state index in [1.165, 1.54) is 0 Å². The van der Waals surface area contributed by atoms with Crippen LogP contribution in [0.5, 0.6) is 5.75 Å². The molecule has 0 saturated carbocycles. The minimum absolute atomic E-state index is 0.143. The molecule has 0 radical (unpaired) electrons. The van der Waals surface area contributed by atoms with Crippen LogP contribution in [0.3, 0.4) is 0 Å². The molecule has 0 unspecified atom stereocenters. The number of amides is 1. The van der Waals surface area contributed by atoms with E-state index in [2.05, 4.69) is 5.32 Å². The maximum atomic E-state index is 13.2. The third kappa shape index (κ3) is 3.35. The molecule has 0 atom stereocenters. The second-order valence-corrected chi connectivity index (χ2v) is 4.95. The van der Waals surface area contributed by atoms with Crippen molar-refractivity contribution < 1.29 is 14.3 Å². The Morgan fingerprint density at radius 2 is 2.00 bits per heavy atom. The van der Waals surface area contributed by atoms with E-state index in [1.807, 2.05) is 0 Å². The Kier molecular flexibility index (Phi) is 4.18. The molecule has 0 aliphatic rings. The summed E-state index contributed by atoms with van der Waals surface area (Å²) in [6.45, 7) is 1.80. The summed E-state index contributed by atoms with van der Waals surface area (Å²) in [6, 6.07) is 8.30. The summed E-state index contributed by atoms with van der Waals surface area (Å²) in [4.78, 5) is 12.3. The van der Waals surface area contributed by atoms with Crippen molar-refractivity contribution >= 4 is 28.8 Å². The van der Waals surface area contributed by atoms with Gasteiger partial charge in [-0.3, -0.25) is 4.79 Å². The molecule has 6 heteroatoms. The van der Waals surface area contributed by atoms with Crippen LogP contribution in [0.2, 0.25) is 0 Å². The average Bonchev–Trinajstić information content (AvgIpc) is 2.43. The first-order chi connectivity index (χ1) is 9.88. The molecule has 0 aliphatic carbocycles. The zero-order valence-electron chi connectivity index (χ0n) is 11.2. The van der Waals surface area contributed by atoms with Crippen LogP contribution in [0.1, 0.15) is 21.5 Å². The van der Waals surface area contributed by atoms with Crippen LogP contribution in [0.25, 0.3) is 0 Å². The number of nitrogens with one attached hydrogen (secondary N) is 1. The summed E-state index contributed by atoms with van der Waals surface area (Å²) in [5, 5.41) is 12.2. The van der Waals surface area contributed by atoms with Gasteiger partial charge in [0, 0.05) is 11.3 Å². The number of hydrogen-bond donors (Lipinski definition) is 3. The van der Waals surface area contributed by atoms with Crippen molar-refractivity contribution in [2.24, 2.45) is 5.73 Å². The van der Waals surface area contributed by atoms with Gasteiger partial charge in [-0.1, -0.05) is 24.4 Å². The van der Waals surface area contributed by atoms with Gasteiger partial charge in [0.25, 0.3) is 5.91 Å². The van der Waals surface area contributed by atoms with Crippen molar-refractivity contribution in [3.05, 3.63) is 58.9 Å². The van der Waals surface area contributed by atoms with E-state index >= 15 is 0 Å². The fraction of sp³-hybridized carbons (Fsp3) is 0.0667. The fourth-order valence-corrected chi connectivity index (χ4v) is 1.92. The number of rotatable bonds is 3. The summed E-state index contributed by atoms with van der Waals surface area (Å²) >= 11 is 4.89. The quantitative estimate of drug-likeness (QED) is 0.762. The maximum absolute atomic E-state index is 13.2. The first kappa shape index (κ1) is 14.9. The highest BCUT2D eigenvalue weighted by Gasteiger charge is 2.14.